The van der Waals surface area contributed by atoms with Gasteiger partial charge in [0.25, 0.3) is 5.91 Å². The molecule has 3 aromatic rings. The van der Waals surface area contributed by atoms with E-state index >= 15 is 0 Å². The van der Waals surface area contributed by atoms with Crippen LogP contribution < -0.4 is 10.2 Å². The lowest BCUT2D eigenvalue weighted by Gasteiger charge is -2.30. The van der Waals surface area contributed by atoms with E-state index in [9.17, 15) is 14.7 Å². The number of carbonyl (C=O) groups excluding carboxylic acids is 1. The van der Waals surface area contributed by atoms with Crippen LogP contribution in [0, 0.1) is 5.92 Å². The second kappa shape index (κ2) is 8.54. The standard InChI is InChI=1S/C26H30N4O3/c1-16-11-12-20-21(27-16)13-14-22-23(20)28-24(25(31)29(2)18-8-4-3-5-9-18)30(22)19-10-6-7-17(15-19)26(32)33/h3-5,8-9,13-14,16-17,19,27H,6-7,10-12,15H2,1-2H3,(H,32,33)/t16-,17+,19+/m0/s1. The molecule has 0 unspecified atom stereocenters. The van der Waals surface area contributed by atoms with Gasteiger partial charge >= 0.3 is 5.97 Å². The summed E-state index contributed by atoms with van der Waals surface area (Å²) >= 11 is 0. The van der Waals surface area contributed by atoms with E-state index in [1.807, 2.05) is 41.0 Å². The highest BCUT2D eigenvalue weighted by atomic mass is 16.4. The molecule has 1 amide bonds. The van der Waals surface area contributed by atoms with Crippen LogP contribution in [0.15, 0.2) is 42.5 Å². The maximum atomic E-state index is 13.7. The van der Waals surface area contributed by atoms with Crippen molar-refractivity contribution in [3.63, 3.8) is 0 Å². The largest absolute Gasteiger partial charge is 0.481 e. The van der Waals surface area contributed by atoms with Crippen molar-refractivity contribution in [2.45, 2.75) is 57.5 Å². The third-order valence-electron chi connectivity index (χ3n) is 7.20. The number of benzene rings is 2. The summed E-state index contributed by atoms with van der Waals surface area (Å²) < 4.78 is 2.03. The molecule has 2 aliphatic rings. The first-order valence-corrected chi connectivity index (χ1v) is 11.8. The van der Waals surface area contributed by atoms with Gasteiger partial charge < -0.3 is 19.9 Å². The van der Waals surface area contributed by atoms with Gasteiger partial charge in [-0.05, 0) is 63.3 Å². The van der Waals surface area contributed by atoms with E-state index < -0.39 is 11.9 Å². The Hall–Kier alpha value is -3.35. The number of nitrogens with zero attached hydrogens (tertiary/aromatic N) is 3. The van der Waals surface area contributed by atoms with Crippen LogP contribution in [0.1, 0.15) is 61.3 Å². The summed E-state index contributed by atoms with van der Waals surface area (Å²) in [6, 6.07) is 14.0. The SMILES string of the molecule is C[C@H]1CCc2c(ccc3c2nc(C(=O)N(C)c2ccccc2)n3[C@@H]2CCC[C@@H](C(=O)O)C2)N1. The maximum absolute atomic E-state index is 13.7. The Bertz CT molecular complexity index is 1200. The number of amides is 1. The van der Waals surface area contributed by atoms with Crippen molar-refractivity contribution >= 4 is 34.3 Å². The summed E-state index contributed by atoms with van der Waals surface area (Å²) in [7, 11) is 1.76. The van der Waals surface area contributed by atoms with Crippen molar-refractivity contribution in [3.05, 3.63) is 53.9 Å². The first-order chi connectivity index (χ1) is 15.9. The Balaban J connectivity index is 1.64. The summed E-state index contributed by atoms with van der Waals surface area (Å²) in [5, 5.41) is 13.2. The van der Waals surface area contributed by atoms with Crippen LogP contribution in [0.2, 0.25) is 0 Å². The number of hydrogen-bond donors (Lipinski definition) is 2. The number of aliphatic carboxylic acids is 1. The Labute approximate surface area is 193 Å². The van der Waals surface area contributed by atoms with E-state index in [0.717, 1.165) is 53.7 Å². The van der Waals surface area contributed by atoms with Crippen molar-refractivity contribution in [1.29, 1.82) is 0 Å². The number of carboxylic acids is 1. The molecule has 2 heterocycles. The maximum Gasteiger partial charge on any atom is 0.306 e. The first kappa shape index (κ1) is 21.5. The second-order valence-electron chi connectivity index (χ2n) is 9.40. The predicted molar refractivity (Wildman–Crippen MR) is 129 cm³/mol. The van der Waals surface area contributed by atoms with Gasteiger partial charge in [-0.25, -0.2) is 4.98 Å². The fourth-order valence-electron chi connectivity index (χ4n) is 5.37. The van der Waals surface area contributed by atoms with Crippen molar-refractivity contribution in [2.24, 2.45) is 5.92 Å². The summed E-state index contributed by atoms with van der Waals surface area (Å²) in [5.74, 6) is -0.940. The molecule has 7 nitrogen and oxygen atoms in total. The van der Waals surface area contributed by atoms with Crippen LogP contribution in [0.5, 0.6) is 0 Å². The molecule has 1 saturated carbocycles. The lowest BCUT2D eigenvalue weighted by molar-refractivity contribution is -0.143. The van der Waals surface area contributed by atoms with Gasteiger partial charge in [-0.3, -0.25) is 9.59 Å². The normalized spacial score (nSPS) is 22.4. The van der Waals surface area contributed by atoms with E-state index in [-0.39, 0.29) is 11.9 Å². The highest BCUT2D eigenvalue weighted by Crippen LogP contribution is 2.39. The molecule has 0 spiro atoms. The molecule has 1 aliphatic heterocycles. The van der Waals surface area contributed by atoms with Gasteiger partial charge in [0.15, 0.2) is 0 Å². The number of rotatable bonds is 4. The minimum absolute atomic E-state index is 0.0681. The van der Waals surface area contributed by atoms with Crippen LogP contribution >= 0.6 is 0 Å². The smallest absolute Gasteiger partial charge is 0.306 e. The molecule has 7 heteroatoms. The zero-order valence-electron chi connectivity index (χ0n) is 19.1. The van der Waals surface area contributed by atoms with Crippen LogP contribution in [0.25, 0.3) is 11.0 Å². The topological polar surface area (TPSA) is 87.5 Å². The number of nitrogens with one attached hydrogen (secondary N) is 1. The van der Waals surface area contributed by atoms with Gasteiger partial charge in [0.2, 0.25) is 5.82 Å². The lowest BCUT2D eigenvalue weighted by atomic mass is 9.85. The average molecular weight is 447 g/mol. The zero-order chi connectivity index (χ0) is 23.1. The van der Waals surface area contributed by atoms with E-state index in [4.69, 9.17) is 4.98 Å². The van der Waals surface area contributed by atoms with Gasteiger partial charge in [-0.1, -0.05) is 24.6 Å². The molecule has 3 atom stereocenters. The number of aromatic nitrogens is 2. The fourth-order valence-corrected chi connectivity index (χ4v) is 5.37. The molecule has 1 fully saturated rings. The van der Waals surface area contributed by atoms with Crippen molar-refractivity contribution in [2.75, 3.05) is 17.3 Å². The Kier molecular flexibility index (Phi) is 5.56. The van der Waals surface area contributed by atoms with E-state index in [0.29, 0.717) is 24.7 Å². The van der Waals surface area contributed by atoms with Gasteiger partial charge in [-0.15, -0.1) is 0 Å². The number of imidazole rings is 1. The minimum Gasteiger partial charge on any atom is -0.481 e. The molecule has 1 aliphatic carbocycles. The molecule has 33 heavy (non-hydrogen) atoms. The van der Waals surface area contributed by atoms with E-state index in [1.54, 1.807) is 11.9 Å². The third kappa shape index (κ3) is 3.86. The number of para-hydroxylation sites is 1. The number of anilines is 2. The number of carbonyl (C=O) groups is 2. The Morgan fingerprint density at radius 1 is 1.12 bits per heavy atom. The third-order valence-corrected chi connectivity index (χ3v) is 7.20. The number of hydrogen-bond acceptors (Lipinski definition) is 4. The molecule has 2 N–H and O–H groups in total. The van der Waals surface area contributed by atoms with Crippen molar-refractivity contribution in [3.8, 4) is 0 Å². The molecular weight excluding hydrogens is 416 g/mol. The molecule has 0 radical (unpaired) electrons. The minimum atomic E-state index is -0.756. The van der Waals surface area contributed by atoms with Crippen LogP contribution in [0.4, 0.5) is 11.4 Å². The van der Waals surface area contributed by atoms with Gasteiger partial charge in [0, 0.05) is 36.1 Å². The first-order valence-electron chi connectivity index (χ1n) is 11.8. The molecular formula is C26H30N4O3. The van der Waals surface area contributed by atoms with Gasteiger partial charge in [-0.2, -0.15) is 0 Å². The van der Waals surface area contributed by atoms with Crippen molar-refractivity contribution < 1.29 is 14.7 Å². The Morgan fingerprint density at radius 2 is 1.91 bits per heavy atom. The van der Waals surface area contributed by atoms with E-state index in [1.165, 1.54) is 0 Å². The molecule has 5 rings (SSSR count). The van der Waals surface area contributed by atoms with Gasteiger partial charge in [0.1, 0.15) is 0 Å². The number of carboxylic acid groups (broad SMARTS) is 1. The summed E-state index contributed by atoms with van der Waals surface area (Å²) in [6.45, 7) is 2.17. The molecule has 0 saturated heterocycles. The lowest BCUT2D eigenvalue weighted by Crippen LogP contribution is -2.32. The Morgan fingerprint density at radius 3 is 2.67 bits per heavy atom. The van der Waals surface area contributed by atoms with Crippen LogP contribution in [-0.2, 0) is 11.2 Å². The predicted octanol–water partition coefficient (Wildman–Crippen LogP) is 4.88. The average Bonchev–Trinajstić information content (AvgIpc) is 3.23. The summed E-state index contributed by atoms with van der Waals surface area (Å²) in [6.07, 6.45) is 4.79. The fraction of sp³-hybridized carbons (Fsp3) is 0.423. The second-order valence-corrected chi connectivity index (χ2v) is 9.40. The van der Waals surface area contributed by atoms with Crippen molar-refractivity contribution in [1.82, 2.24) is 9.55 Å². The highest BCUT2D eigenvalue weighted by Gasteiger charge is 2.33. The van der Waals surface area contributed by atoms with Crippen LogP contribution in [-0.4, -0.2) is 39.6 Å². The quantitative estimate of drug-likeness (QED) is 0.597. The molecule has 1 aromatic heterocycles. The zero-order valence-corrected chi connectivity index (χ0v) is 19.1. The summed E-state index contributed by atoms with van der Waals surface area (Å²) in [4.78, 5) is 32.0. The molecule has 2 aromatic carbocycles. The summed E-state index contributed by atoms with van der Waals surface area (Å²) in [5.41, 5.74) is 4.80. The van der Waals surface area contributed by atoms with Gasteiger partial charge in [0.05, 0.1) is 17.0 Å². The number of fused-ring (bicyclic) bond motifs is 3. The van der Waals surface area contributed by atoms with E-state index in [2.05, 4.69) is 18.3 Å². The monoisotopic (exact) mass is 446 g/mol. The molecule has 172 valence electrons. The highest BCUT2D eigenvalue weighted by molar-refractivity contribution is 6.06. The van der Waals surface area contributed by atoms with Crippen LogP contribution in [0.3, 0.4) is 0 Å². The molecule has 0 bridgehead atoms. The number of aryl methyl sites for hydroxylation is 1.